The summed E-state index contributed by atoms with van der Waals surface area (Å²) < 4.78 is 25.1. The van der Waals surface area contributed by atoms with Gasteiger partial charge in [0.25, 0.3) is 0 Å². The number of hydrogen-bond acceptors (Lipinski definition) is 7. The van der Waals surface area contributed by atoms with E-state index in [1.807, 2.05) is 0 Å². The molecule has 2 aromatic carbocycles. The van der Waals surface area contributed by atoms with Gasteiger partial charge in [-0.3, -0.25) is 0 Å². The van der Waals surface area contributed by atoms with Crippen molar-refractivity contribution in [3.8, 4) is 16.9 Å². The summed E-state index contributed by atoms with van der Waals surface area (Å²) in [5.41, 5.74) is -0.487. The van der Waals surface area contributed by atoms with Crippen molar-refractivity contribution in [2.24, 2.45) is 5.16 Å². The third-order valence-corrected chi connectivity index (χ3v) is 4.26. The summed E-state index contributed by atoms with van der Waals surface area (Å²) in [5.74, 6) is -1.80. The van der Waals surface area contributed by atoms with Crippen LogP contribution in [-0.2, 0) is 16.0 Å². The molecule has 166 valence electrons. The molecule has 3 N–H and O–H groups in total. The SMILES string of the molecule is COC(=O)c1cc(/C(C)=N/O)c(O)c(-c2cccc(CNC(=O)OC(C)(C)C)c2F)c1. The van der Waals surface area contributed by atoms with Crippen LogP contribution in [0.3, 0.4) is 0 Å². The highest BCUT2D eigenvalue weighted by Gasteiger charge is 2.21. The molecule has 0 saturated carbocycles. The summed E-state index contributed by atoms with van der Waals surface area (Å²) in [6.07, 6.45) is -0.704. The fourth-order valence-corrected chi connectivity index (χ4v) is 2.81. The van der Waals surface area contributed by atoms with Crippen molar-refractivity contribution >= 4 is 17.8 Å². The number of oxime groups is 1. The van der Waals surface area contributed by atoms with Gasteiger partial charge in [-0.25, -0.2) is 14.0 Å². The number of rotatable bonds is 5. The largest absolute Gasteiger partial charge is 0.507 e. The first-order valence-electron chi connectivity index (χ1n) is 9.37. The van der Waals surface area contributed by atoms with Gasteiger partial charge in [0.1, 0.15) is 17.2 Å². The maximum Gasteiger partial charge on any atom is 0.407 e. The number of hydrogen-bond donors (Lipinski definition) is 3. The highest BCUT2D eigenvalue weighted by Crippen LogP contribution is 2.36. The van der Waals surface area contributed by atoms with Crippen LogP contribution in [0.25, 0.3) is 11.1 Å². The topological polar surface area (TPSA) is 117 Å². The molecule has 0 unspecified atom stereocenters. The van der Waals surface area contributed by atoms with Crippen molar-refractivity contribution in [2.45, 2.75) is 39.8 Å². The number of nitrogens with one attached hydrogen (secondary N) is 1. The van der Waals surface area contributed by atoms with E-state index < -0.39 is 23.5 Å². The number of phenols is 1. The molecule has 0 aromatic heterocycles. The number of nitrogens with zero attached hydrogens (tertiary/aromatic N) is 1. The number of methoxy groups -OCH3 is 1. The van der Waals surface area contributed by atoms with Crippen LogP contribution in [0.4, 0.5) is 9.18 Å². The fourth-order valence-electron chi connectivity index (χ4n) is 2.81. The summed E-state index contributed by atoms with van der Waals surface area (Å²) in [5, 5.41) is 25.3. The molecular weight excluding hydrogens is 407 g/mol. The minimum Gasteiger partial charge on any atom is -0.507 e. The first-order valence-corrected chi connectivity index (χ1v) is 9.37. The van der Waals surface area contributed by atoms with E-state index >= 15 is 4.39 Å². The molecule has 2 rings (SSSR count). The summed E-state index contributed by atoms with van der Waals surface area (Å²) in [4.78, 5) is 23.9. The Kier molecular flexibility index (Phi) is 7.22. The monoisotopic (exact) mass is 432 g/mol. The van der Waals surface area contributed by atoms with Gasteiger partial charge in [0.15, 0.2) is 0 Å². The molecule has 1 amide bonds. The molecule has 9 heteroatoms. The molecule has 0 spiro atoms. The fraction of sp³-hybridized carbons (Fsp3) is 0.318. The van der Waals surface area contributed by atoms with E-state index in [4.69, 9.17) is 14.7 Å². The average molecular weight is 432 g/mol. The lowest BCUT2D eigenvalue weighted by Gasteiger charge is -2.20. The summed E-state index contributed by atoms with van der Waals surface area (Å²) >= 11 is 0. The normalized spacial score (nSPS) is 11.7. The number of esters is 1. The summed E-state index contributed by atoms with van der Waals surface area (Å²) in [6, 6.07) is 6.99. The Balaban J connectivity index is 2.50. The summed E-state index contributed by atoms with van der Waals surface area (Å²) in [6.45, 7) is 6.38. The van der Waals surface area contributed by atoms with Crippen LogP contribution < -0.4 is 5.32 Å². The third kappa shape index (κ3) is 5.71. The maximum atomic E-state index is 15.3. The first-order chi connectivity index (χ1) is 14.5. The Morgan fingerprint density at radius 3 is 2.45 bits per heavy atom. The van der Waals surface area contributed by atoms with Crippen molar-refractivity contribution in [3.63, 3.8) is 0 Å². The maximum absolute atomic E-state index is 15.3. The molecule has 0 aliphatic rings. The lowest BCUT2D eigenvalue weighted by molar-refractivity contribution is 0.0522. The molecule has 0 radical (unpaired) electrons. The van der Waals surface area contributed by atoms with Gasteiger partial charge in [0.05, 0.1) is 18.4 Å². The zero-order valence-corrected chi connectivity index (χ0v) is 17.9. The van der Waals surface area contributed by atoms with E-state index in [0.29, 0.717) is 0 Å². The van der Waals surface area contributed by atoms with E-state index in [1.165, 1.54) is 38.3 Å². The van der Waals surface area contributed by atoms with E-state index in [0.717, 1.165) is 0 Å². The number of carbonyl (C=O) groups excluding carboxylic acids is 2. The lowest BCUT2D eigenvalue weighted by Crippen LogP contribution is -2.32. The van der Waals surface area contributed by atoms with E-state index in [-0.39, 0.29) is 45.8 Å². The lowest BCUT2D eigenvalue weighted by atomic mass is 9.94. The Morgan fingerprint density at radius 1 is 1.19 bits per heavy atom. The zero-order chi connectivity index (χ0) is 23.3. The average Bonchev–Trinajstić information content (AvgIpc) is 2.71. The predicted octanol–water partition coefficient (Wildman–Crippen LogP) is 4.21. The third-order valence-electron chi connectivity index (χ3n) is 4.26. The first kappa shape index (κ1) is 23.7. The Hall–Kier alpha value is -3.62. The second-order valence-corrected chi connectivity index (χ2v) is 7.73. The van der Waals surface area contributed by atoms with Crippen molar-refractivity contribution < 1.29 is 33.8 Å². The van der Waals surface area contributed by atoms with Crippen LogP contribution in [0, 0.1) is 5.82 Å². The van der Waals surface area contributed by atoms with Gasteiger partial charge in [-0.15, -0.1) is 0 Å². The van der Waals surface area contributed by atoms with Gasteiger partial charge in [0.2, 0.25) is 0 Å². The van der Waals surface area contributed by atoms with Gasteiger partial charge >= 0.3 is 12.1 Å². The Morgan fingerprint density at radius 2 is 1.87 bits per heavy atom. The van der Waals surface area contributed by atoms with Crippen LogP contribution in [0.2, 0.25) is 0 Å². The molecule has 0 aliphatic heterocycles. The molecule has 0 atom stereocenters. The van der Waals surface area contributed by atoms with Crippen LogP contribution >= 0.6 is 0 Å². The number of carbonyl (C=O) groups is 2. The van der Waals surface area contributed by atoms with E-state index in [9.17, 15) is 14.7 Å². The van der Waals surface area contributed by atoms with Crippen LogP contribution in [-0.4, -0.2) is 40.8 Å². The zero-order valence-electron chi connectivity index (χ0n) is 17.9. The number of ether oxygens (including phenoxy) is 2. The number of alkyl carbamates (subject to hydrolysis) is 1. The van der Waals surface area contributed by atoms with Gasteiger partial charge in [-0.1, -0.05) is 23.4 Å². The van der Waals surface area contributed by atoms with Crippen molar-refractivity contribution in [2.75, 3.05) is 7.11 Å². The molecule has 0 fully saturated rings. The number of benzene rings is 2. The Bertz CT molecular complexity index is 1030. The second-order valence-electron chi connectivity index (χ2n) is 7.73. The number of amides is 1. The molecular formula is C22H25FN2O6. The van der Waals surface area contributed by atoms with Crippen LogP contribution in [0.5, 0.6) is 5.75 Å². The predicted molar refractivity (Wildman–Crippen MR) is 112 cm³/mol. The molecule has 8 nitrogen and oxygen atoms in total. The van der Waals surface area contributed by atoms with Crippen LogP contribution in [0.1, 0.15) is 49.2 Å². The van der Waals surface area contributed by atoms with Gasteiger partial charge < -0.3 is 25.1 Å². The molecule has 0 heterocycles. The highest BCUT2D eigenvalue weighted by atomic mass is 19.1. The highest BCUT2D eigenvalue weighted by molar-refractivity contribution is 6.05. The summed E-state index contributed by atoms with van der Waals surface area (Å²) in [7, 11) is 1.19. The standard InChI is InChI=1S/C22H25FN2O6/c1-12(25-29)16-9-14(20(27)30-5)10-17(19(16)26)15-8-6-7-13(18(15)23)11-24-21(28)31-22(2,3)4/h6-10,26,29H,11H2,1-5H3,(H,24,28)/b25-12+. The van der Waals surface area contributed by atoms with E-state index in [2.05, 4.69) is 10.5 Å². The smallest absolute Gasteiger partial charge is 0.407 e. The minimum atomic E-state index is -0.712. The number of phenolic OH excluding ortho intramolecular Hbond substituents is 1. The van der Waals surface area contributed by atoms with Crippen molar-refractivity contribution in [3.05, 3.63) is 52.8 Å². The molecule has 0 bridgehead atoms. The van der Waals surface area contributed by atoms with Gasteiger partial charge in [0, 0.05) is 28.8 Å². The molecule has 0 saturated heterocycles. The number of aromatic hydroxyl groups is 1. The van der Waals surface area contributed by atoms with Gasteiger partial charge in [-0.2, -0.15) is 0 Å². The molecule has 31 heavy (non-hydrogen) atoms. The van der Waals surface area contributed by atoms with Crippen molar-refractivity contribution in [1.82, 2.24) is 5.32 Å². The van der Waals surface area contributed by atoms with E-state index in [1.54, 1.807) is 26.8 Å². The Labute approximate surface area is 179 Å². The van der Waals surface area contributed by atoms with Gasteiger partial charge in [-0.05, 0) is 39.8 Å². The van der Waals surface area contributed by atoms with Crippen molar-refractivity contribution in [1.29, 1.82) is 0 Å². The second kappa shape index (κ2) is 9.46. The molecule has 2 aromatic rings. The quantitative estimate of drug-likeness (QED) is 0.282. The molecule has 0 aliphatic carbocycles. The minimum absolute atomic E-state index is 0.00230. The number of halogens is 1. The van der Waals surface area contributed by atoms with Crippen LogP contribution in [0.15, 0.2) is 35.5 Å².